The number of halogens is 2. The number of carbonyl (C=O) groups is 2. The van der Waals surface area contributed by atoms with E-state index in [-0.39, 0.29) is 5.78 Å². The zero-order chi connectivity index (χ0) is 18.7. The monoisotopic (exact) mass is 389 g/mol. The summed E-state index contributed by atoms with van der Waals surface area (Å²) in [7, 11) is 0. The largest absolute Gasteiger partial charge is 0.299 e. The van der Waals surface area contributed by atoms with Crippen LogP contribution in [0.4, 0.5) is 0 Å². The van der Waals surface area contributed by atoms with Gasteiger partial charge in [0.15, 0.2) is 17.7 Å². The second-order valence-corrected chi connectivity index (χ2v) is 6.89. The summed E-state index contributed by atoms with van der Waals surface area (Å²) in [5, 5.41) is 7.95. The summed E-state index contributed by atoms with van der Waals surface area (Å²) >= 11 is 12.9. The zero-order valence-electron chi connectivity index (χ0n) is 14.1. The van der Waals surface area contributed by atoms with Crippen molar-refractivity contribution >= 4 is 41.5 Å². The van der Waals surface area contributed by atoms with Crippen molar-refractivity contribution in [3.05, 3.63) is 68.7 Å². The van der Waals surface area contributed by atoms with Crippen LogP contribution >= 0.6 is 23.2 Å². The van der Waals surface area contributed by atoms with Gasteiger partial charge in [0.2, 0.25) is 0 Å². The molecule has 2 N–H and O–H groups in total. The first kappa shape index (κ1) is 18.6. The molecular weight excluding hydrogens is 373 g/mol. The molecule has 26 heavy (non-hydrogen) atoms. The molecule has 2 aromatic carbocycles. The van der Waals surface area contributed by atoms with E-state index in [1.165, 1.54) is 6.92 Å². The van der Waals surface area contributed by atoms with Crippen LogP contribution in [0.25, 0.3) is 0 Å². The molecule has 1 unspecified atom stereocenters. The Bertz CT molecular complexity index is 858. The van der Waals surface area contributed by atoms with Crippen molar-refractivity contribution in [2.75, 3.05) is 6.54 Å². The van der Waals surface area contributed by atoms with E-state index in [4.69, 9.17) is 23.2 Å². The van der Waals surface area contributed by atoms with Crippen molar-refractivity contribution in [1.82, 2.24) is 10.7 Å². The molecule has 0 amide bonds. The maximum atomic E-state index is 11.7. The highest BCUT2D eigenvalue weighted by Crippen LogP contribution is 2.32. The molecule has 2 aromatic rings. The lowest BCUT2D eigenvalue weighted by molar-refractivity contribution is -0.115. The number of ketones is 1. The second kappa shape index (κ2) is 7.58. The molecule has 7 heteroatoms. The Balaban J connectivity index is 1.91. The minimum Gasteiger partial charge on any atom is -0.299 e. The summed E-state index contributed by atoms with van der Waals surface area (Å²) in [5.41, 5.74) is 4.62. The summed E-state index contributed by atoms with van der Waals surface area (Å²) in [6.07, 6.45) is 2.89. The molecule has 0 spiro atoms. The van der Waals surface area contributed by atoms with E-state index in [1.54, 1.807) is 30.5 Å². The number of hydrogen-bond acceptors (Lipinski definition) is 5. The van der Waals surface area contributed by atoms with Crippen LogP contribution in [0.1, 0.15) is 34.0 Å². The van der Waals surface area contributed by atoms with E-state index in [0.29, 0.717) is 34.1 Å². The smallest absolute Gasteiger partial charge is 0.187 e. The Kier molecular flexibility index (Phi) is 5.41. The molecule has 3 rings (SSSR count). The number of nitrogens with one attached hydrogen (secondary N) is 2. The van der Waals surface area contributed by atoms with Crippen LogP contribution in [-0.2, 0) is 16.9 Å². The van der Waals surface area contributed by atoms with Crippen LogP contribution in [0.5, 0.6) is 0 Å². The third kappa shape index (κ3) is 3.65. The second-order valence-electron chi connectivity index (χ2n) is 6.08. The first-order chi connectivity index (χ1) is 12.4. The van der Waals surface area contributed by atoms with Gasteiger partial charge in [-0.3, -0.25) is 20.3 Å². The molecular formula is C19H17Cl2N3O2. The van der Waals surface area contributed by atoms with Crippen LogP contribution in [0.2, 0.25) is 10.0 Å². The van der Waals surface area contributed by atoms with Gasteiger partial charge >= 0.3 is 0 Å². The van der Waals surface area contributed by atoms with Crippen molar-refractivity contribution in [3.63, 3.8) is 0 Å². The Morgan fingerprint density at radius 2 is 1.88 bits per heavy atom. The molecule has 0 aliphatic carbocycles. The van der Waals surface area contributed by atoms with E-state index >= 15 is 0 Å². The van der Waals surface area contributed by atoms with E-state index in [9.17, 15) is 9.59 Å². The molecule has 0 bridgehead atoms. The summed E-state index contributed by atoms with van der Waals surface area (Å²) in [6.45, 7) is 1.98. The van der Waals surface area contributed by atoms with Gasteiger partial charge in [-0.2, -0.15) is 5.10 Å². The summed E-state index contributed by atoms with van der Waals surface area (Å²) in [4.78, 5) is 23.0. The predicted octanol–water partition coefficient (Wildman–Crippen LogP) is 3.32. The van der Waals surface area contributed by atoms with Crippen molar-refractivity contribution in [2.45, 2.75) is 19.0 Å². The number of rotatable bonds is 5. The number of carbonyl (C=O) groups excluding carboxylic acids is 2. The molecule has 1 aliphatic rings. The van der Waals surface area contributed by atoms with Gasteiger partial charge in [-0.25, -0.2) is 0 Å². The average Bonchev–Trinajstić information content (AvgIpc) is 2.65. The van der Waals surface area contributed by atoms with Crippen LogP contribution in [0.15, 0.2) is 41.5 Å². The zero-order valence-corrected chi connectivity index (χ0v) is 15.6. The van der Waals surface area contributed by atoms with Gasteiger partial charge in [-0.1, -0.05) is 47.5 Å². The molecule has 0 aromatic heterocycles. The van der Waals surface area contributed by atoms with Crippen LogP contribution in [-0.4, -0.2) is 24.8 Å². The molecule has 1 heterocycles. The van der Waals surface area contributed by atoms with Gasteiger partial charge in [0.25, 0.3) is 0 Å². The number of nitrogens with zero attached hydrogens (tertiary/aromatic N) is 1. The quantitative estimate of drug-likeness (QED) is 0.607. The van der Waals surface area contributed by atoms with Gasteiger partial charge in [0.05, 0.1) is 0 Å². The molecule has 5 nitrogen and oxygen atoms in total. The summed E-state index contributed by atoms with van der Waals surface area (Å²) in [5.74, 6) is 0.0197. The highest BCUT2D eigenvalue weighted by molar-refractivity contribution is 6.36. The fourth-order valence-corrected chi connectivity index (χ4v) is 3.42. The maximum absolute atomic E-state index is 11.7. The van der Waals surface area contributed by atoms with Crippen LogP contribution in [0.3, 0.4) is 0 Å². The number of hydrogen-bond donors (Lipinski definition) is 2. The third-order valence-electron chi connectivity index (χ3n) is 4.32. The summed E-state index contributed by atoms with van der Waals surface area (Å²) < 4.78 is 0. The lowest BCUT2D eigenvalue weighted by Crippen LogP contribution is -2.56. The lowest BCUT2D eigenvalue weighted by Gasteiger charge is -2.32. The molecule has 0 saturated carbocycles. The van der Waals surface area contributed by atoms with Gasteiger partial charge in [-0.15, -0.1) is 0 Å². The minimum absolute atomic E-state index is 0.0197. The maximum Gasteiger partial charge on any atom is 0.187 e. The Labute approximate surface area is 161 Å². The van der Waals surface area contributed by atoms with Crippen molar-refractivity contribution < 1.29 is 9.59 Å². The highest BCUT2D eigenvalue weighted by Gasteiger charge is 2.33. The number of aldehydes is 1. The van der Waals surface area contributed by atoms with Gasteiger partial charge < -0.3 is 0 Å². The van der Waals surface area contributed by atoms with Crippen LogP contribution < -0.4 is 10.7 Å². The fraction of sp³-hybridized carbons (Fsp3) is 0.211. The van der Waals surface area contributed by atoms with Gasteiger partial charge in [0.1, 0.15) is 0 Å². The third-order valence-corrected chi connectivity index (χ3v) is 4.99. The SMILES string of the molecule is CC(=O)c1ccc(Cc2c(Cl)cc(C3(C=O)NCC=NN3)cc2Cl)cc1. The number of benzene rings is 2. The van der Waals surface area contributed by atoms with Crippen molar-refractivity contribution in [3.8, 4) is 0 Å². The number of hydrazone groups is 1. The first-order valence-corrected chi connectivity index (χ1v) is 8.79. The van der Waals surface area contributed by atoms with Gasteiger partial charge in [-0.05, 0) is 30.2 Å². The Hall–Kier alpha value is -2.21. The standard InChI is InChI=1S/C19H17Cl2N3O2/c1-12(26)14-4-2-13(3-5-14)8-16-17(20)9-15(10-18(16)21)19(11-25)22-6-7-23-24-19/h2-5,7,9-11,22,24H,6,8H2,1H3. The molecule has 134 valence electrons. The molecule has 1 aliphatic heterocycles. The van der Waals surface area contributed by atoms with Crippen molar-refractivity contribution in [1.29, 1.82) is 0 Å². The average molecular weight is 390 g/mol. The summed E-state index contributed by atoms with van der Waals surface area (Å²) in [6, 6.07) is 10.7. The molecule has 0 fully saturated rings. The fourth-order valence-electron chi connectivity index (χ4n) is 2.80. The Morgan fingerprint density at radius 1 is 1.23 bits per heavy atom. The van der Waals surface area contributed by atoms with E-state index in [2.05, 4.69) is 15.8 Å². The minimum atomic E-state index is -1.15. The normalized spacial score (nSPS) is 19.0. The van der Waals surface area contributed by atoms with Crippen LogP contribution in [0, 0.1) is 0 Å². The molecule has 0 saturated heterocycles. The topological polar surface area (TPSA) is 70.6 Å². The Morgan fingerprint density at radius 3 is 2.38 bits per heavy atom. The molecule has 1 atom stereocenters. The van der Waals surface area contributed by atoms with E-state index in [1.807, 2.05) is 12.1 Å². The van der Waals surface area contributed by atoms with Gasteiger partial charge in [0, 0.05) is 40.4 Å². The van der Waals surface area contributed by atoms with E-state index in [0.717, 1.165) is 17.4 Å². The lowest BCUT2D eigenvalue weighted by atomic mass is 9.96. The predicted molar refractivity (Wildman–Crippen MR) is 103 cm³/mol. The highest BCUT2D eigenvalue weighted by atomic mass is 35.5. The van der Waals surface area contributed by atoms with E-state index < -0.39 is 5.66 Å². The molecule has 0 radical (unpaired) electrons. The van der Waals surface area contributed by atoms with Crippen molar-refractivity contribution in [2.24, 2.45) is 5.10 Å². The number of Topliss-reactive ketones (excluding diaryl/α,β-unsaturated/α-hetero) is 1. The first-order valence-electron chi connectivity index (χ1n) is 8.03.